The molecule has 0 fully saturated rings. The minimum atomic E-state index is 0.628. The summed E-state index contributed by atoms with van der Waals surface area (Å²) in [6.07, 6.45) is 5.14. The first-order chi connectivity index (χ1) is 12.2. The molecule has 3 heterocycles. The van der Waals surface area contributed by atoms with Crippen LogP contribution in [0.2, 0.25) is 5.02 Å². The van der Waals surface area contributed by atoms with E-state index in [0.717, 1.165) is 26.6 Å². The second-order valence-corrected chi connectivity index (χ2v) is 6.76. The number of benzene rings is 1. The molecule has 124 valence electrons. The van der Waals surface area contributed by atoms with Gasteiger partial charge in [-0.3, -0.25) is 4.68 Å². The average molecular weight is 369 g/mol. The van der Waals surface area contributed by atoms with Crippen LogP contribution in [-0.2, 0) is 7.05 Å². The number of fused-ring (bicyclic) bond motifs is 1. The van der Waals surface area contributed by atoms with Gasteiger partial charge in [-0.1, -0.05) is 23.4 Å². The van der Waals surface area contributed by atoms with Crippen molar-refractivity contribution in [1.29, 1.82) is 0 Å². The Morgan fingerprint density at radius 3 is 2.84 bits per heavy atom. The van der Waals surface area contributed by atoms with Crippen molar-refractivity contribution in [2.24, 2.45) is 7.05 Å². The van der Waals surface area contributed by atoms with E-state index >= 15 is 0 Å². The number of hydrogen-bond donors (Lipinski definition) is 1. The molecule has 0 saturated carbocycles. The predicted molar refractivity (Wildman–Crippen MR) is 99.4 cm³/mol. The van der Waals surface area contributed by atoms with Gasteiger partial charge in [0, 0.05) is 35.8 Å². The van der Waals surface area contributed by atoms with Crippen LogP contribution in [0, 0.1) is 0 Å². The molecule has 0 amide bonds. The Morgan fingerprint density at radius 2 is 2.04 bits per heavy atom. The first kappa shape index (κ1) is 15.9. The van der Waals surface area contributed by atoms with Crippen molar-refractivity contribution < 1.29 is 0 Å². The Labute approximate surface area is 153 Å². The number of nitrogens with one attached hydrogen (secondary N) is 1. The van der Waals surface area contributed by atoms with Crippen molar-refractivity contribution in [2.75, 3.05) is 5.32 Å². The zero-order chi connectivity index (χ0) is 17.2. The van der Waals surface area contributed by atoms with Gasteiger partial charge in [0.25, 0.3) is 0 Å². The quantitative estimate of drug-likeness (QED) is 0.579. The molecule has 1 aromatic carbocycles. The van der Waals surface area contributed by atoms with Gasteiger partial charge in [-0.05, 0) is 30.3 Å². The Morgan fingerprint density at radius 1 is 1.12 bits per heavy atom. The van der Waals surface area contributed by atoms with Crippen molar-refractivity contribution >= 4 is 45.9 Å². The van der Waals surface area contributed by atoms with E-state index in [4.69, 9.17) is 11.6 Å². The lowest BCUT2D eigenvalue weighted by Gasteiger charge is -2.08. The molecule has 3 aromatic heterocycles. The van der Waals surface area contributed by atoms with E-state index in [1.54, 1.807) is 10.9 Å². The first-order valence-corrected chi connectivity index (χ1v) is 8.68. The van der Waals surface area contributed by atoms with Gasteiger partial charge < -0.3 is 5.32 Å². The summed E-state index contributed by atoms with van der Waals surface area (Å²) in [5.74, 6) is 1.44. The number of halogens is 1. The van der Waals surface area contributed by atoms with E-state index in [1.165, 1.54) is 18.1 Å². The monoisotopic (exact) mass is 368 g/mol. The zero-order valence-electron chi connectivity index (χ0n) is 13.2. The van der Waals surface area contributed by atoms with Crippen LogP contribution in [0.25, 0.3) is 10.9 Å². The Kier molecular flexibility index (Phi) is 4.25. The fourth-order valence-electron chi connectivity index (χ4n) is 2.36. The molecule has 0 radical (unpaired) electrons. The van der Waals surface area contributed by atoms with Crippen LogP contribution in [0.3, 0.4) is 0 Å². The minimum Gasteiger partial charge on any atom is -0.323 e. The topological polar surface area (TPSA) is 68.5 Å². The molecule has 4 rings (SSSR count). The molecule has 0 bridgehead atoms. The maximum atomic E-state index is 6.20. The fraction of sp³-hybridized carbons (Fsp3) is 0.0588. The third-order valence-electron chi connectivity index (χ3n) is 3.51. The number of anilines is 2. The average Bonchev–Trinajstić information content (AvgIpc) is 3.02. The summed E-state index contributed by atoms with van der Waals surface area (Å²) in [5.41, 5.74) is 0.852. The molecule has 0 aliphatic heterocycles. The third kappa shape index (κ3) is 3.42. The van der Waals surface area contributed by atoms with E-state index in [0.29, 0.717) is 10.8 Å². The highest BCUT2D eigenvalue weighted by atomic mass is 35.5. The van der Waals surface area contributed by atoms with E-state index in [-0.39, 0.29) is 0 Å². The molecule has 0 aliphatic carbocycles. The second kappa shape index (κ2) is 6.70. The van der Waals surface area contributed by atoms with Crippen LogP contribution in [0.15, 0.2) is 65.0 Å². The normalized spacial score (nSPS) is 11.0. The molecule has 0 spiro atoms. The molecule has 0 saturated heterocycles. The largest absolute Gasteiger partial charge is 0.323 e. The van der Waals surface area contributed by atoms with Crippen molar-refractivity contribution in [3.05, 3.63) is 60.1 Å². The van der Waals surface area contributed by atoms with Crippen LogP contribution in [0.1, 0.15) is 0 Å². The molecule has 0 unspecified atom stereocenters. The molecule has 0 aliphatic rings. The fourth-order valence-corrected chi connectivity index (χ4v) is 3.41. The highest BCUT2D eigenvalue weighted by Crippen LogP contribution is 2.34. The van der Waals surface area contributed by atoms with Crippen LogP contribution in [-0.4, -0.2) is 24.7 Å². The van der Waals surface area contributed by atoms with Gasteiger partial charge in [-0.2, -0.15) is 5.10 Å². The van der Waals surface area contributed by atoms with Gasteiger partial charge in [-0.15, -0.1) is 0 Å². The lowest BCUT2D eigenvalue weighted by atomic mass is 10.2. The number of rotatable bonds is 4. The summed E-state index contributed by atoms with van der Waals surface area (Å²) in [5, 5.41) is 9.86. The third-order valence-corrected chi connectivity index (χ3v) is 4.93. The molecule has 1 N–H and O–H groups in total. The van der Waals surface area contributed by atoms with Crippen LogP contribution in [0.5, 0.6) is 0 Å². The number of pyridine rings is 1. The highest BCUT2D eigenvalue weighted by molar-refractivity contribution is 7.99. The van der Waals surface area contributed by atoms with E-state index in [1.807, 2.05) is 49.6 Å². The Hall–Kier alpha value is -2.64. The molecule has 4 aromatic rings. The molecule has 0 atom stereocenters. The summed E-state index contributed by atoms with van der Waals surface area (Å²) in [7, 11) is 1.87. The number of aromatic nitrogens is 5. The van der Waals surface area contributed by atoms with Gasteiger partial charge in [0.1, 0.15) is 17.2 Å². The van der Waals surface area contributed by atoms with Crippen LogP contribution >= 0.6 is 23.4 Å². The maximum Gasteiger partial charge on any atom is 0.153 e. The van der Waals surface area contributed by atoms with E-state index in [9.17, 15) is 0 Å². The van der Waals surface area contributed by atoms with Gasteiger partial charge in [0.15, 0.2) is 5.82 Å². The lowest BCUT2D eigenvalue weighted by molar-refractivity contribution is 0.771. The van der Waals surface area contributed by atoms with E-state index in [2.05, 4.69) is 25.4 Å². The molecule has 25 heavy (non-hydrogen) atoms. The predicted octanol–water partition coefficient (Wildman–Crippen LogP) is 4.31. The molecule has 8 heteroatoms. The number of aryl methyl sites for hydroxylation is 1. The van der Waals surface area contributed by atoms with Crippen molar-refractivity contribution in [2.45, 2.75) is 9.92 Å². The summed E-state index contributed by atoms with van der Waals surface area (Å²) in [4.78, 5) is 14.0. The molecular weight excluding hydrogens is 356 g/mol. The number of nitrogens with zero attached hydrogens (tertiary/aromatic N) is 5. The van der Waals surface area contributed by atoms with Gasteiger partial charge in [-0.25, -0.2) is 15.0 Å². The summed E-state index contributed by atoms with van der Waals surface area (Å²) in [6.45, 7) is 0. The highest BCUT2D eigenvalue weighted by Gasteiger charge is 2.09. The number of hydrogen-bond acceptors (Lipinski definition) is 6. The smallest absolute Gasteiger partial charge is 0.153 e. The first-order valence-electron chi connectivity index (χ1n) is 7.49. The summed E-state index contributed by atoms with van der Waals surface area (Å²) in [6, 6.07) is 11.5. The zero-order valence-corrected chi connectivity index (χ0v) is 14.8. The van der Waals surface area contributed by atoms with Crippen LogP contribution < -0.4 is 5.32 Å². The maximum absolute atomic E-state index is 6.20. The Balaban J connectivity index is 1.71. The van der Waals surface area contributed by atoms with Crippen molar-refractivity contribution in [3.8, 4) is 0 Å². The lowest BCUT2D eigenvalue weighted by Crippen LogP contribution is -1.98. The molecular formula is C17H13ClN6S. The minimum absolute atomic E-state index is 0.628. The van der Waals surface area contributed by atoms with Gasteiger partial charge >= 0.3 is 0 Å². The van der Waals surface area contributed by atoms with Gasteiger partial charge in [0.2, 0.25) is 0 Å². The molecule has 6 nitrogen and oxygen atoms in total. The van der Waals surface area contributed by atoms with E-state index < -0.39 is 0 Å². The SMILES string of the molecule is Cn1ccc(Nc2ncnc3ccc(Sc4ncccc4Cl)cc23)n1. The summed E-state index contributed by atoms with van der Waals surface area (Å²) < 4.78 is 1.73. The summed E-state index contributed by atoms with van der Waals surface area (Å²) >= 11 is 7.70. The Bertz CT molecular complexity index is 1050. The van der Waals surface area contributed by atoms with Crippen molar-refractivity contribution in [3.63, 3.8) is 0 Å². The standard InChI is InChI=1S/C17H13ClN6S/c1-24-8-6-15(23-24)22-16-12-9-11(4-5-14(12)20-10-21-16)25-17-13(18)3-2-7-19-17/h2-10H,1H3,(H,20,21,22,23). The van der Waals surface area contributed by atoms with Gasteiger partial charge in [0.05, 0.1) is 10.5 Å². The van der Waals surface area contributed by atoms with Crippen molar-refractivity contribution in [1.82, 2.24) is 24.7 Å². The van der Waals surface area contributed by atoms with Crippen LogP contribution in [0.4, 0.5) is 11.6 Å². The second-order valence-electron chi connectivity index (χ2n) is 5.29.